The van der Waals surface area contributed by atoms with E-state index in [0.29, 0.717) is 31.2 Å². The minimum atomic E-state index is -0.0918. The normalized spacial score (nSPS) is 22.4. The van der Waals surface area contributed by atoms with Crippen LogP contribution in [0.2, 0.25) is 0 Å². The number of nitrogens with zero attached hydrogens (tertiary/aromatic N) is 3. The molecule has 2 atom stereocenters. The maximum Gasteiger partial charge on any atom is 0.272 e. The molecule has 0 bridgehead atoms. The molecule has 0 spiro atoms. The number of piperidine rings is 1. The van der Waals surface area contributed by atoms with Gasteiger partial charge in [-0.2, -0.15) is 5.10 Å². The minimum Gasteiger partial charge on any atom is -0.378 e. The summed E-state index contributed by atoms with van der Waals surface area (Å²) in [5, 5.41) is 4.55. The zero-order chi connectivity index (χ0) is 16.3. The molecule has 0 saturated carbocycles. The van der Waals surface area contributed by atoms with Crippen LogP contribution in [0, 0.1) is 5.92 Å². The third kappa shape index (κ3) is 3.67. The van der Waals surface area contributed by atoms with Gasteiger partial charge < -0.3 is 15.4 Å². The SMILES string of the molecule is CCn1nc(CC(C)C)cc1C(=O)N1CC[C@@H](N)[C@@H](OC)C1. The Labute approximate surface area is 132 Å². The monoisotopic (exact) mass is 308 g/mol. The summed E-state index contributed by atoms with van der Waals surface area (Å²) in [6, 6.07) is 1.93. The van der Waals surface area contributed by atoms with Crippen LogP contribution >= 0.6 is 0 Å². The summed E-state index contributed by atoms with van der Waals surface area (Å²) in [6.07, 6.45) is 1.56. The van der Waals surface area contributed by atoms with Crippen LogP contribution in [0.5, 0.6) is 0 Å². The summed E-state index contributed by atoms with van der Waals surface area (Å²) < 4.78 is 7.19. The van der Waals surface area contributed by atoms with E-state index in [4.69, 9.17) is 10.5 Å². The Morgan fingerprint density at radius 1 is 1.55 bits per heavy atom. The lowest BCUT2D eigenvalue weighted by molar-refractivity contribution is 0.0156. The molecule has 2 rings (SSSR count). The zero-order valence-electron chi connectivity index (χ0n) is 14.1. The second-order valence-corrected chi connectivity index (χ2v) is 6.41. The van der Waals surface area contributed by atoms with E-state index in [1.165, 1.54) is 0 Å². The predicted molar refractivity (Wildman–Crippen MR) is 85.7 cm³/mol. The topological polar surface area (TPSA) is 73.4 Å². The van der Waals surface area contributed by atoms with E-state index in [9.17, 15) is 4.79 Å². The number of carbonyl (C=O) groups excluding carboxylic acids is 1. The first kappa shape index (κ1) is 17.0. The van der Waals surface area contributed by atoms with E-state index in [2.05, 4.69) is 18.9 Å². The molecule has 6 heteroatoms. The first-order chi connectivity index (χ1) is 10.5. The van der Waals surface area contributed by atoms with Gasteiger partial charge in [0, 0.05) is 32.8 Å². The number of methoxy groups -OCH3 is 1. The molecular weight excluding hydrogens is 280 g/mol. The molecule has 1 aliphatic heterocycles. The maximum absolute atomic E-state index is 12.8. The molecule has 0 aromatic carbocycles. The van der Waals surface area contributed by atoms with Crippen LogP contribution in [0.15, 0.2) is 6.07 Å². The lowest BCUT2D eigenvalue weighted by Gasteiger charge is -2.35. The van der Waals surface area contributed by atoms with Crippen LogP contribution in [-0.4, -0.2) is 52.9 Å². The maximum atomic E-state index is 12.8. The van der Waals surface area contributed by atoms with Gasteiger partial charge in [-0.25, -0.2) is 0 Å². The third-order valence-corrected chi connectivity index (χ3v) is 4.17. The Morgan fingerprint density at radius 2 is 2.27 bits per heavy atom. The summed E-state index contributed by atoms with van der Waals surface area (Å²) in [4.78, 5) is 14.6. The van der Waals surface area contributed by atoms with Crippen molar-refractivity contribution < 1.29 is 9.53 Å². The average Bonchev–Trinajstić information content (AvgIpc) is 2.89. The number of aryl methyl sites for hydroxylation is 1. The van der Waals surface area contributed by atoms with E-state index in [1.54, 1.807) is 11.8 Å². The fraction of sp³-hybridized carbons (Fsp3) is 0.750. The molecule has 0 unspecified atom stereocenters. The van der Waals surface area contributed by atoms with Crippen molar-refractivity contribution in [2.24, 2.45) is 11.7 Å². The van der Waals surface area contributed by atoms with Gasteiger partial charge in [-0.1, -0.05) is 13.8 Å². The molecule has 1 aromatic heterocycles. The van der Waals surface area contributed by atoms with Gasteiger partial charge in [0.05, 0.1) is 11.8 Å². The standard InChI is InChI=1S/C16H28N4O2/c1-5-20-14(9-12(18-20)8-11(2)3)16(21)19-7-6-13(17)15(10-19)22-4/h9,11,13,15H,5-8,10,17H2,1-4H3/t13-,15+/m1/s1. The molecule has 22 heavy (non-hydrogen) atoms. The van der Waals surface area contributed by atoms with Crippen molar-refractivity contribution in [1.29, 1.82) is 0 Å². The summed E-state index contributed by atoms with van der Waals surface area (Å²) in [7, 11) is 1.65. The molecule has 1 saturated heterocycles. The molecule has 6 nitrogen and oxygen atoms in total. The number of hydrogen-bond acceptors (Lipinski definition) is 4. The number of rotatable bonds is 5. The number of hydrogen-bond donors (Lipinski definition) is 1. The number of aromatic nitrogens is 2. The lowest BCUT2D eigenvalue weighted by atomic mass is 10.0. The molecule has 2 N–H and O–H groups in total. The van der Waals surface area contributed by atoms with Gasteiger partial charge in [0.2, 0.25) is 0 Å². The highest BCUT2D eigenvalue weighted by Gasteiger charge is 2.31. The van der Waals surface area contributed by atoms with Crippen molar-refractivity contribution in [3.05, 3.63) is 17.5 Å². The summed E-state index contributed by atoms with van der Waals surface area (Å²) >= 11 is 0. The Balaban J connectivity index is 2.16. The lowest BCUT2D eigenvalue weighted by Crippen LogP contribution is -2.53. The van der Waals surface area contributed by atoms with Gasteiger partial charge >= 0.3 is 0 Å². The first-order valence-electron chi connectivity index (χ1n) is 8.10. The van der Waals surface area contributed by atoms with E-state index in [-0.39, 0.29) is 18.1 Å². The summed E-state index contributed by atoms with van der Waals surface area (Å²) in [5.74, 6) is 0.548. The Kier molecular flexibility index (Phi) is 5.58. The van der Waals surface area contributed by atoms with Crippen LogP contribution in [-0.2, 0) is 17.7 Å². The Morgan fingerprint density at radius 3 is 2.86 bits per heavy atom. The van der Waals surface area contributed by atoms with Gasteiger partial charge in [-0.15, -0.1) is 0 Å². The van der Waals surface area contributed by atoms with E-state index < -0.39 is 0 Å². The molecule has 2 heterocycles. The fourth-order valence-electron chi connectivity index (χ4n) is 2.93. The van der Waals surface area contributed by atoms with Gasteiger partial charge in [-0.3, -0.25) is 9.48 Å². The second kappa shape index (κ2) is 7.24. The van der Waals surface area contributed by atoms with Crippen LogP contribution in [0.4, 0.5) is 0 Å². The van der Waals surface area contributed by atoms with Crippen molar-refractivity contribution >= 4 is 5.91 Å². The smallest absolute Gasteiger partial charge is 0.272 e. The molecule has 1 fully saturated rings. The first-order valence-corrected chi connectivity index (χ1v) is 8.10. The molecule has 0 aliphatic carbocycles. The molecular formula is C16H28N4O2. The van der Waals surface area contributed by atoms with Crippen molar-refractivity contribution in [1.82, 2.24) is 14.7 Å². The van der Waals surface area contributed by atoms with E-state index >= 15 is 0 Å². The number of carbonyl (C=O) groups is 1. The highest BCUT2D eigenvalue weighted by molar-refractivity contribution is 5.92. The van der Waals surface area contributed by atoms with E-state index in [1.807, 2.05) is 17.9 Å². The number of ether oxygens (including phenoxy) is 1. The minimum absolute atomic E-state index is 0.00152. The highest BCUT2D eigenvalue weighted by atomic mass is 16.5. The molecule has 1 amide bonds. The zero-order valence-corrected chi connectivity index (χ0v) is 14.1. The van der Waals surface area contributed by atoms with Crippen LogP contribution in [0.3, 0.4) is 0 Å². The second-order valence-electron chi connectivity index (χ2n) is 6.41. The number of nitrogens with two attached hydrogens (primary N) is 1. The number of amides is 1. The van der Waals surface area contributed by atoms with Crippen molar-refractivity contribution in [3.8, 4) is 0 Å². The fourth-order valence-corrected chi connectivity index (χ4v) is 2.93. The third-order valence-electron chi connectivity index (χ3n) is 4.17. The van der Waals surface area contributed by atoms with Gasteiger partial charge in [0.25, 0.3) is 5.91 Å². The van der Waals surface area contributed by atoms with E-state index in [0.717, 1.165) is 18.5 Å². The van der Waals surface area contributed by atoms with Crippen molar-refractivity contribution in [2.45, 2.75) is 52.3 Å². The summed E-state index contributed by atoms with van der Waals surface area (Å²) in [6.45, 7) is 8.23. The van der Waals surface area contributed by atoms with Crippen LogP contribution in [0.1, 0.15) is 43.4 Å². The Bertz CT molecular complexity index is 512. The number of likely N-dealkylation sites (tertiary alicyclic amines) is 1. The molecule has 0 radical (unpaired) electrons. The van der Waals surface area contributed by atoms with Crippen LogP contribution in [0.25, 0.3) is 0 Å². The quantitative estimate of drug-likeness (QED) is 0.889. The summed E-state index contributed by atoms with van der Waals surface area (Å²) in [5.41, 5.74) is 7.68. The van der Waals surface area contributed by atoms with Gasteiger partial charge in [0.15, 0.2) is 0 Å². The van der Waals surface area contributed by atoms with Crippen molar-refractivity contribution in [2.75, 3.05) is 20.2 Å². The highest BCUT2D eigenvalue weighted by Crippen LogP contribution is 2.17. The van der Waals surface area contributed by atoms with Crippen molar-refractivity contribution in [3.63, 3.8) is 0 Å². The molecule has 124 valence electrons. The Hall–Kier alpha value is -1.40. The van der Waals surface area contributed by atoms with Crippen LogP contribution < -0.4 is 5.73 Å². The van der Waals surface area contributed by atoms with Gasteiger partial charge in [0.1, 0.15) is 5.69 Å². The largest absolute Gasteiger partial charge is 0.378 e. The average molecular weight is 308 g/mol. The predicted octanol–water partition coefficient (Wildman–Crippen LogP) is 1.29. The molecule has 1 aliphatic rings. The van der Waals surface area contributed by atoms with Gasteiger partial charge in [-0.05, 0) is 31.7 Å². The molecule has 1 aromatic rings.